The van der Waals surface area contributed by atoms with E-state index in [2.05, 4.69) is 15.5 Å². The third kappa shape index (κ3) is 3.70. The second-order valence-electron chi connectivity index (χ2n) is 4.39. The fourth-order valence-electron chi connectivity index (χ4n) is 1.75. The molecule has 1 amide bonds. The second-order valence-corrected chi connectivity index (χ2v) is 5.34. The number of thiophene rings is 1. The van der Waals surface area contributed by atoms with Crippen molar-refractivity contribution in [1.82, 2.24) is 15.5 Å². The van der Waals surface area contributed by atoms with E-state index in [0.717, 1.165) is 10.4 Å². The van der Waals surface area contributed by atoms with Gasteiger partial charge in [0.05, 0.1) is 11.4 Å². The van der Waals surface area contributed by atoms with E-state index in [4.69, 9.17) is 9.15 Å². The smallest absolute Gasteiger partial charge is 0.407 e. The molecule has 0 radical (unpaired) electrons. The fourth-order valence-corrected chi connectivity index (χ4v) is 2.39. The molecule has 7 heteroatoms. The number of carbonyl (C=O) groups excluding carboxylic acids is 1. The molecule has 0 atom stereocenters. The van der Waals surface area contributed by atoms with Gasteiger partial charge in [0.15, 0.2) is 0 Å². The van der Waals surface area contributed by atoms with Crippen molar-refractivity contribution < 1.29 is 13.9 Å². The molecule has 2 aromatic heterocycles. The Morgan fingerprint density at radius 3 is 2.82 bits per heavy atom. The minimum absolute atomic E-state index is 0.131. The lowest BCUT2D eigenvalue weighted by Crippen LogP contribution is -2.23. The first-order valence-electron chi connectivity index (χ1n) is 6.62. The van der Waals surface area contributed by atoms with Gasteiger partial charge in [-0.1, -0.05) is 36.4 Å². The van der Waals surface area contributed by atoms with Gasteiger partial charge in [-0.25, -0.2) is 4.79 Å². The highest BCUT2D eigenvalue weighted by molar-refractivity contribution is 7.13. The van der Waals surface area contributed by atoms with Gasteiger partial charge in [0, 0.05) is 0 Å². The lowest BCUT2D eigenvalue weighted by molar-refractivity contribution is 0.138. The zero-order valence-electron chi connectivity index (χ0n) is 11.6. The van der Waals surface area contributed by atoms with Gasteiger partial charge in [0.25, 0.3) is 5.89 Å². The molecule has 112 valence electrons. The van der Waals surface area contributed by atoms with Crippen molar-refractivity contribution in [2.45, 2.75) is 13.2 Å². The highest BCUT2D eigenvalue weighted by Gasteiger charge is 2.10. The van der Waals surface area contributed by atoms with E-state index < -0.39 is 6.09 Å². The van der Waals surface area contributed by atoms with Crippen LogP contribution in [0.1, 0.15) is 11.5 Å². The van der Waals surface area contributed by atoms with Crippen molar-refractivity contribution in [2.75, 3.05) is 0 Å². The maximum absolute atomic E-state index is 11.6. The lowest BCUT2D eigenvalue weighted by Gasteiger charge is -2.05. The Morgan fingerprint density at radius 2 is 2.05 bits per heavy atom. The highest BCUT2D eigenvalue weighted by Crippen LogP contribution is 2.22. The normalized spacial score (nSPS) is 10.4. The number of aromatic nitrogens is 2. The first-order valence-corrected chi connectivity index (χ1v) is 7.50. The summed E-state index contributed by atoms with van der Waals surface area (Å²) in [7, 11) is 0. The maximum Gasteiger partial charge on any atom is 0.407 e. The Morgan fingerprint density at radius 1 is 1.18 bits per heavy atom. The third-order valence-corrected chi connectivity index (χ3v) is 3.65. The molecule has 1 aromatic carbocycles. The number of nitrogens with one attached hydrogen (secondary N) is 1. The van der Waals surface area contributed by atoms with E-state index in [9.17, 15) is 4.79 Å². The van der Waals surface area contributed by atoms with Gasteiger partial charge in [0.2, 0.25) is 5.89 Å². The van der Waals surface area contributed by atoms with Crippen molar-refractivity contribution >= 4 is 17.4 Å². The molecule has 3 rings (SSSR count). The zero-order chi connectivity index (χ0) is 15.2. The number of benzene rings is 1. The minimum Gasteiger partial charge on any atom is -0.445 e. The molecule has 0 unspecified atom stereocenters. The monoisotopic (exact) mass is 315 g/mol. The highest BCUT2D eigenvalue weighted by atomic mass is 32.1. The van der Waals surface area contributed by atoms with Crippen LogP contribution >= 0.6 is 11.3 Å². The SMILES string of the molecule is O=C(NCc1nnc(-c2cccs2)o1)OCc1ccccc1. The average molecular weight is 315 g/mol. The Balaban J connectivity index is 1.47. The van der Waals surface area contributed by atoms with Crippen LogP contribution in [0.25, 0.3) is 10.8 Å². The van der Waals surface area contributed by atoms with Crippen LogP contribution in [0.4, 0.5) is 4.79 Å². The number of hydrogen-bond donors (Lipinski definition) is 1. The van der Waals surface area contributed by atoms with Crippen LogP contribution in [-0.2, 0) is 17.9 Å². The van der Waals surface area contributed by atoms with Gasteiger partial charge >= 0.3 is 6.09 Å². The van der Waals surface area contributed by atoms with Gasteiger partial charge in [0.1, 0.15) is 6.61 Å². The molecular formula is C15H13N3O3S. The second kappa shape index (κ2) is 6.86. The molecule has 0 saturated heterocycles. The number of alkyl carbamates (subject to hydrolysis) is 1. The number of carbonyl (C=O) groups is 1. The van der Waals surface area contributed by atoms with Crippen LogP contribution < -0.4 is 5.32 Å². The van der Waals surface area contributed by atoms with Crippen LogP contribution in [0.5, 0.6) is 0 Å². The van der Waals surface area contributed by atoms with Gasteiger partial charge in [-0.15, -0.1) is 21.5 Å². The van der Waals surface area contributed by atoms with Crippen molar-refractivity contribution in [2.24, 2.45) is 0 Å². The maximum atomic E-state index is 11.6. The molecule has 0 aliphatic carbocycles. The predicted octanol–water partition coefficient (Wildman–Crippen LogP) is 3.22. The molecule has 22 heavy (non-hydrogen) atoms. The topological polar surface area (TPSA) is 77.3 Å². The van der Waals surface area contributed by atoms with Gasteiger partial charge in [-0.2, -0.15) is 0 Å². The van der Waals surface area contributed by atoms with Gasteiger partial charge < -0.3 is 14.5 Å². The summed E-state index contributed by atoms with van der Waals surface area (Å²) in [5.41, 5.74) is 0.926. The average Bonchev–Trinajstić information content (AvgIpc) is 3.22. The van der Waals surface area contributed by atoms with Crippen molar-refractivity contribution in [3.63, 3.8) is 0 Å². The number of ether oxygens (including phenoxy) is 1. The Kier molecular flexibility index (Phi) is 4.45. The van der Waals surface area contributed by atoms with Crippen molar-refractivity contribution in [3.8, 4) is 10.8 Å². The summed E-state index contributed by atoms with van der Waals surface area (Å²) < 4.78 is 10.6. The van der Waals surface area contributed by atoms with Gasteiger partial charge in [-0.3, -0.25) is 0 Å². The quantitative estimate of drug-likeness (QED) is 0.782. The Bertz CT molecular complexity index is 726. The Hall–Kier alpha value is -2.67. The summed E-state index contributed by atoms with van der Waals surface area (Å²) in [5, 5.41) is 12.3. The van der Waals surface area contributed by atoms with E-state index in [1.807, 2.05) is 47.8 Å². The molecule has 0 saturated carbocycles. The summed E-state index contributed by atoms with van der Waals surface area (Å²) >= 11 is 1.51. The predicted molar refractivity (Wildman–Crippen MR) is 81.1 cm³/mol. The molecule has 6 nitrogen and oxygen atoms in total. The molecule has 0 fully saturated rings. The summed E-state index contributed by atoms with van der Waals surface area (Å²) in [4.78, 5) is 12.5. The van der Waals surface area contributed by atoms with E-state index in [1.54, 1.807) is 0 Å². The number of amides is 1. The first kappa shape index (κ1) is 14.3. The zero-order valence-corrected chi connectivity index (χ0v) is 12.4. The van der Waals surface area contributed by atoms with E-state index in [-0.39, 0.29) is 13.2 Å². The Labute approximate surface area is 130 Å². The van der Waals surface area contributed by atoms with Crippen LogP contribution in [0.3, 0.4) is 0 Å². The number of hydrogen-bond acceptors (Lipinski definition) is 6. The molecule has 3 aromatic rings. The largest absolute Gasteiger partial charge is 0.445 e. The summed E-state index contributed by atoms with van der Waals surface area (Å²) in [6.07, 6.45) is -0.528. The molecule has 2 heterocycles. The minimum atomic E-state index is -0.528. The van der Waals surface area contributed by atoms with Gasteiger partial charge in [-0.05, 0) is 17.0 Å². The van der Waals surface area contributed by atoms with Crippen LogP contribution in [0, 0.1) is 0 Å². The summed E-state index contributed by atoms with van der Waals surface area (Å²) in [6, 6.07) is 13.3. The van der Waals surface area contributed by atoms with Crippen LogP contribution in [0.15, 0.2) is 52.3 Å². The number of rotatable bonds is 5. The first-order chi connectivity index (χ1) is 10.8. The molecule has 0 aliphatic heterocycles. The molecule has 0 aliphatic rings. The van der Waals surface area contributed by atoms with Crippen molar-refractivity contribution in [1.29, 1.82) is 0 Å². The summed E-state index contributed by atoms with van der Waals surface area (Å²) in [5.74, 6) is 0.782. The number of nitrogens with zero attached hydrogens (tertiary/aromatic N) is 2. The molecule has 0 spiro atoms. The summed E-state index contributed by atoms with van der Waals surface area (Å²) in [6.45, 7) is 0.350. The molecular weight excluding hydrogens is 302 g/mol. The molecule has 1 N–H and O–H groups in total. The third-order valence-electron chi connectivity index (χ3n) is 2.80. The van der Waals surface area contributed by atoms with Crippen molar-refractivity contribution in [3.05, 3.63) is 59.3 Å². The standard InChI is InChI=1S/C15H13N3O3S/c19-15(20-10-11-5-2-1-3-6-11)16-9-13-17-18-14(21-13)12-7-4-8-22-12/h1-8H,9-10H2,(H,16,19). The van der Waals surface area contributed by atoms with Crippen LogP contribution in [-0.4, -0.2) is 16.3 Å². The molecule has 0 bridgehead atoms. The van der Waals surface area contributed by atoms with Crippen LogP contribution in [0.2, 0.25) is 0 Å². The van der Waals surface area contributed by atoms with E-state index in [0.29, 0.717) is 11.8 Å². The fraction of sp³-hybridized carbons (Fsp3) is 0.133. The lowest BCUT2D eigenvalue weighted by atomic mass is 10.2. The van der Waals surface area contributed by atoms with E-state index >= 15 is 0 Å². The van der Waals surface area contributed by atoms with E-state index in [1.165, 1.54) is 11.3 Å².